The van der Waals surface area contributed by atoms with E-state index >= 15 is 0 Å². The van der Waals surface area contributed by atoms with Crippen LogP contribution in [0.3, 0.4) is 0 Å². The van der Waals surface area contributed by atoms with E-state index in [4.69, 9.17) is 0 Å². The second kappa shape index (κ2) is 9.86. The molecule has 0 aliphatic heterocycles. The number of benzene rings is 3. The van der Waals surface area contributed by atoms with Crippen LogP contribution in [0.5, 0.6) is 0 Å². The molecule has 3 aromatic carbocycles. The van der Waals surface area contributed by atoms with E-state index in [1.807, 2.05) is 6.07 Å². The molecule has 4 rings (SSSR count). The number of para-hydroxylation sites is 1. The van der Waals surface area contributed by atoms with E-state index in [1.54, 1.807) is 0 Å². The van der Waals surface area contributed by atoms with Crippen molar-refractivity contribution in [2.45, 2.75) is 45.1 Å². The molecule has 3 nitrogen and oxygen atoms in total. The van der Waals surface area contributed by atoms with Gasteiger partial charge in [0.1, 0.15) is 0 Å². The highest BCUT2D eigenvalue weighted by atomic mass is 16.1. The molecular weight excluding hydrogens is 392 g/mol. The average molecular weight is 425 g/mol. The van der Waals surface area contributed by atoms with Crippen LogP contribution in [0.4, 0.5) is 0 Å². The van der Waals surface area contributed by atoms with Crippen molar-refractivity contribution in [1.29, 1.82) is 0 Å². The third-order valence-corrected chi connectivity index (χ3v) is 6.29. The molecule has 0 radical (unpaired) electrons. The quantitative estimate of drug-likeness (QED) is 0.362. The molecule has 1 heterocycles. The van der Waals surface area contributed by atoms with E-state index in [0.717, 1.165) is 12.8 Å². The predicted molar refractivity (Wildman–Crippen MR) is 133 cm³/mol. The van der Waals surface area contributed by atoms with E-state index in [0.29, 0.717) is 6.42 Å². The number of carbonyl (C=O) groups is 1. The summed E-state index contributed by atoms with van der Waals surface area (Å²) in [4.78, 5) is 13.1. The van der Waals surface area contributed by atoms with Gasteiger partial charge in [0, 0.05) is 42.5 Å². The third-order valence-electron chi connectivity index (χ3n) is 6.29. The van der Waals surface area contributed by atoms with Gasteiger partial charge in [0.2, 0.25) is 5.91 Å². The maximum absolute atomic E-state index is 13.1. The zero-order chi connectivity index (χ0) is 22.5. The Labute approximate surface area is 191 Å². The topological polar surface area (TPSA) is 34.0 Å². The van der Waals surface area contributed by atoms with Gasteiger partial charge in [-0.25, -0.2) is 0 Å². The fourth-order valence-corrected chi connectivity index (χ4v) is 4.48. The maximum atomic E-state index is 13.1. The summed E-state index contributed by atoms with van der Waals surface area (Å²) >= 11 is 0. The van der Waals surface area contributed by atoms with Crippen LogP contribution < -0.4 is 5.32 Å². The van der Waals surface area contributed by atoms with Gasteiger partial charge in [0.15, 0.2) is 0 Å². The van der Waals surface area contributed by atoms with Crippen LogP contribution in [-0.2, 0) is 18.3 Å². The number of aromatic nitrogens is 1. The van der Waals surface area contributed by atoms with Gasteiger partial charge in [0.05, 0.1) is 0 Å². The molecule has 3 heteroatoms. The first-order valence-electron chi connectivity index (χ1n) is 11.4. The van der Waals surface area contributed by atoms with E-state index in [1.165, 1.54) is 33.2 Å². The summed E-state index contributed by atoms with van der Waals surface area (Å²) in [6.07, 6.45) is 4.51. The molecule has 2 atom stereocenters. The Morgan fingerprint density at radius 3 is 2.38 bits per heavy atom. The largest absolute Gasteiger partial charge is 0.354 e. The smallest absolute Gasteiger partial charge is 0.221 e. The van der Waals surface area contributed by atoms with Crippen molar-refractivity contribution in [1.82, 2.24) is 9.88 Å². The second-order valence-corrected chi connectivity index (χ2v) is 8.87. The van der Waals surface area contributed by atoms with Gasteiger partial charge in [0.25, 0.3) is 0 Å². The highest BCUT2D eigenvalue weighted by Crippen LogP contribution is 2.34. The lowest BCUT2D eigenvalue weighted by molar-refractivity contribution is -0.121. The summed E-state index contributed by atoms with van der Waals surface area (Å²) in [5.41, 5.74) is 6.11. The Hall–Kier alpha value is -3.33. The predicted octanol–water partition coefficient (Wildman–Crippen LogP) is 6.15. The maximum Gasteiger partial charge on any atom is 0.221 e. The highest BCUT2D eigenvalue weighted by Gasteiger charge is 2.23. The molecule has 1 N–H and O–H groups in total. The first kappa shape index (κ1) is 21.9. The molecule has 0 aliphatic carbocycles. The minimum Gasteiger partial charge on any atom is -0.354 e. The zero-order valence-corrected chi connectivity index (χ0v) is 19.2. The molecule has 0 spiro atoms. The summed E-state index contributed by atoms with van der Waals surface area (Å²) in [6, 6.07) is 27.6. The molecule has 0 bridgehead atoms. The molecular formula is C29H32N2O. The van der Waals surface area contributed by atoms with Crippen molar-refractivity contribution in [3.05, 3.63) is 107 Å². The number of aryl methyl sites for hydroxylation is 3. The normalized spacial score (nSPS) is 13.1. The molecule has 1 amide bonds. The molecule has 0 saturated heterocycles. The number of rotatable bonds is 8. The molecule has 1 aromatic heterocycles. The summed E-state index contributed by atoms with van der Waals surface area (Å²) in [6.45, 7) is 4.19. The third kappa shape index (κ3) is 5.11. The summed E-state index contributed by atoms with van der Waals surface area (Å²) in [5.74, 6) is 0.118. The van der Waals surface area contributed by atoms with E-state index in [-0.39, 0.29) is 17.9 Å². The van der Waals surface area contributed by atoms with Crippen LogP contribution in [0.15, 0.2) is 85.1 Å². The molecule has 164 valence electrons. The summed E-state index contributed by atoms with van der Waals surface area (Å²) in [5, 5.41) is 4.45. The van der Waals surface area contributed by atoms with Gasteiger partial charge < -0.3 is 9.88 Å². The minimum absolute atomic E-state index is 0.0167. The van der Waals surface area contributed by atoms with Crippen molar-refractivity contribution in [2.24, 2.45) is 7.05 Å². The molecule has 0 fully saturated rings. The lowest BCUT2D eigenvalue weighted by atomic mass is 9.87. The lowest BCUT2D eigenvalue weighted by Crippen LogP contribution is -2.33. The first-order chi connectivity index (χ1) is 15.5. The Morgan fingerprint density at radius 1 is 0.938 bits per heavy atom. The van der Waals surface area contributed by atoms with Gasteiger partial charge >= 0.3 is 0 Å². The van der Waals surface area contributed by atoms with Crippen LogP contribution >= 0.6 is 0 Å². The Bertz CT molecular complexity index is 1170. The number of nitrogens with one attached hydrogen (secondary N) is 1. The fourth-order valence-electron chi connectivity index (χ4n) is 4.48. The SMILES string of the molecule is Cc1ccc([C@@H](CC(=O)N[C@H](C)CCc2ccccc2)c2cn(C)c3ccccc23)cc1. The zero-order valence-electron chi connectivity index (χ0n) is 19.2. The van der Waals surface area contributed by atoms with Crippen LogP contribution in [0.25, 0.3) is 10.9 Å². The Morgan fingerprint density at radius 2 is 1.62 bits per heavy atom. The second-order valence-electron chi connectivity index (χ2n) is 8.87. The highest BCUT2D eigenvalue weighted by molar-refractivity contribution is 5.86. The van der Waals surface area contributed by atoms with Crippen LogP contribution in [0, 0.1) is 6.92 Å². The van der Waals surface area contributed by atoms with Crippen molar-refractivity contribution in [3.63, 3.8) is 0 Å². The number of hydrogen-bond donors (Lipinski definition) is 1. The van der Waals surface area contributed by atoms with Crippen LogP contribution in [0.2, 0.25) is 0 Å². The summed E-state index contributed by atoms with van der Waals surface area (Å²) < 4.78 is 2.16. The van der Waals surface area contributed by atoms with Crippen LogP contribution in [0.1, 0.15) is 47.9 Å². The van der Waals surface area contributed by atoms with Gasteiger partial charge in [-0.05, 0) is 49.4 Å². The Kier molecular flexibility index (Phi) is 6.75. The summed E-state index contributed by atoms with van der Waals surface area (Å²) in [7, 11) is 2.07. The van der Waals surface area contributed by atoms with Crippen LogP contribution in [-0.4, -0.2) is 16.5 Å². The minimum atomic E-state index is 0.0167. The van der Waals surface area contributed by atoms with Gasteiger partial charge in [-0.15, -0.1) is 0 Å². The van der Waals surface area contributed by atoms with Crippen molar-refractivity contribution >= 4 is 16.8 Å². The molecule has 4 aromatic rings. The van der Waals surface area contributed by atoms with Crippen molar-refractivity contribution in [2.75, 3.05) is 0 Å². The average Bonchev–Trinajstić information content (AvgIpc) is 3.14. The number of amides is 1. The van der Waals surface area contributed by atoms with Gasteiger partial charge in [-0.1, -0.05) is 78.4 Å². The fraction of sp³-hybridized carbons (Fsp3) is 0.276. The molecule has 32 heavy (non-hydrogen) atoms. The molecule has 0 aliphatic rings. The lowest BCUT2D eigenvalue weighted by Gasteiger charge is -2.20. The van der Waals surface area contributed by atoms with Gasteiger partial charge in [-0.3, -0.25) is 4.79 Å². The number of nitrogens with zero attached hydrogens (tertiary/aromatic N) is 1. The number of hydrogen-bond acceptors (Lipinski definition) is 1. The number of fused-ring (bicyclic) bond motifs is 1. The van der Waals surface area contributed by atoms with E-state index < -0.39 is 0 Å². The monoisotopic (exact) mass is 424 g/mol. The number of carbonyl (C=O) groups excluding carboxylic acids is 1. The van der Waals surface area contributed by atoms with Crippen molar-refractivity contribution in [3.8, 4) is 0 Å². The molecule has 0 saturated carbocycles. The standard InChI is InChI=1S/C29H32N2O/c1-21-13-17-24(18-14-21)26(27-20-31(3)28-12-8-7-11-25(27)28)19-29(32)30-22(2)15-16-23-9-5-4-6-10-23/h4-14,17-18,20,22,26H,15-16,19H2,1-3H3,(H,30,32)/t22-,26-/m1/s1. The first-order valence-corrected chi connectivity index (χ1v) is 11.4. The van der Waals surface area contributed by atoms with E-state index in [9.17, 15) is 4.79 Å². The van der Waals surface area contributed by atoms with Crippen molar-refractivity contribution < 1.29 is 4.79 Å². The molecule has 0 unspecified atom stereocenters. The van der Waals surface area contributed by atoms with E-state index in [2.05, 4.69) is 110 Å². The van der Waals surface area contributed by atoms with Gasteiger partial charge in [-0.2, -0.15) is 0 Å². The Balaban J connectivity index is 1.53.